The Kier molecular flexibility index (Phi) is 3.70. The predicted octanol–water partition coefficient (Wildman–Crippen LogP) is 1.31. The van der Waals surface area contributed by atoms with Crippen molar-refractivity contribution in [2.75, 3.05) is 44.7 Å². The number of amides is 1. The van der Waals surface area contributed by atoms with Gasteiger partial charge in [0.15, 0.2) is 0 Å². The van der Waals surface area contributed by atoms with Gasteiger partial charge in [-0.3, -0.25) is 19.4 Å². The van der Waals surface area contributed by atoms with Gasteiger partial charge in [0.2, 0.25) is 0 Å². The summed E-state index contributed by atoms with van der Waals surface area (Å²) in [6.07, 6.45) is 2.12. The van der Waals surface area contributed by atoms with Crippen LogP contribution in [-0.2, 0) is 4.79 Å². The molecule has 4 rings (SSSR count). The van der Waals surface area contributed by atoms with Crippen LogP contribution in [0.4, 0.5) is 5.69 Å². The lowest BCUT2D eigenvalue weighted by molar-refractivity contribution is -0.115. The van der Waals surface area contributed by atoms with Crippen molar-refractivity contribution < 1.29 is 14.3 Å². The summed E-state index contributed by atoms with van der Waals surface area (Å²) in [4.78, 5) is 29.1. The highest BCUT2D eigenvalue weighted by atomic mass is 16.5. The molecule has 0 unspecified atom stereocenters. The van der Waals surface area contributed by atoms with Crippen LogP contribution in [0.1, 0.15) is 29.8 Å². The molecule has 6 nitrogen and oxygen atoms in total. The van der Waals surface area contributed by atoms with Crippen LogP contribution in [0.15, 0.2) is 18.2 Å². The summed E-state index contributed by atoms with van der Waals surface area (Å²) in [7, 11) is 1.58. The summed E-state index contributed by atoms with van der Waals surface area (Å²) in [5.41, 5.74) is 2.77. The molecule has 1 aromatic rings. The van der Waals surface area contributed by atoms with Crippen molar-refractivity contribution in [2.24, 2.45) is 0 Å². The van der Waals surface area contributed by atoms with E-state index in [4.69, 9.17) is 4.74 Å². The van der Waals surface area contributed by atoms with Crippen molar-refractivity contribution in [1.82, 2.24) is 10.2 Å². The number of hydrogen-bond acceptors (Lipinski definition) is 5. The molecule has 3 aliphatic rings. The minimum atomic E-state index is -0.525. The number of nitrogens with one attached hydrogen (secondary N) is 1. The highest BCUT2D eigenvalue weighted by Crippen LogP contribution is 2.47. The summed E-state index contributed by atoms with van der Waals surface area (Å²) >= 11 is 0. The minimum Gasteiger partial charge on any atom is -0.497 e. The molecule has 1 fully saturated rings. The number of methoxy groups -OCH3 is 1. The third kappa shape index (κ3) is 2.48. The Morgan fingerprint density at radius 3 is 2.52 bits per heavy atom. The Balaban J connectivity index is 1.84. The van der Waals surface area contributed by atoms with E-state index in [1.54, 1.807) is 18.1 Å². The average molecular weight is 341 g/mol. The maximum Gasteiger partial charge on any atom is 0.300 e. The number of piperazine rings is 1. The molecular formula is C19H23N3O3. The van der Waals surface area contributed by atoms with E-state index in [1.807, 2.05) is 19.9 Å². The van der Waals surface area contributed by atoms with E-state index in [2.05, 4.69) is 16.3 Å². The minimum absolute atomic E-state index is 0.444. The van der Waals surface area contributed by atoms with Crippen molar-refractivity contribution in [2.45, 2.75) is 19.4 Å². The second kappa shape index (κ2) is 5.68. The zero-order valence-corrected chi connectivity index (χ0v) is 14.9. The Hall–Kier alpha value is -2.18. The lowest BCUT2D eigenvalue weighted by Crippen LogP contribution is -2.49. The first-order chi connectivity index (χ1) is 11.9. The molecular weight excluding hydrogens is 318 g/mol. The SMILES string of the molecule is COc1cc2c3c(c1)C(CN1CCNCC1)=CC(C)(C)N3C(=O)C2=O. The molecule has 0 spiro atoms. The number of Topliss-reactive ketones (excluding diaryl/α,β-unsaturated/α-hetero) is 1. The van der Waals surface area contributed by atoms with Crippen LogP contribution in [0, 0.1) is 0 Å². The third-order valence-corrected chi connectivity index (χ3v) is 5.24. The maximum atomic E-state index is 12.6. The van der Waals surface area contributed by atoms with E-state index < -0.39 is 17.2 Å². The molecule has 0 bridgehead atoms. The smallest absolute Gasteiger partial charge is 0.300 e. The molecule has 1 aromatic carbocycles. The molecule has 3 aliphatic heterocycles. The van der Waals surface area contributed by atoms with E-state index in [0.717, 1.165) is 49.5 Å². The van der Waals surface area contributed by atoms with Crippen LogP contribution in [0.2, 0.25) is 0 Å². The Labute approximate surface area is 147 Å². The van der Waals surface area contributed by atoms with Crippen LogP contribution in [0.3, 0.4) is 0 Å². The van der Waals surface area contributed by atoms with E-state index in [0.29, 0.717) is 11.3 Å². The fourth-order valence-corrected chi connectivity index (χ4v) is 4.06. The fourth-order valence-electron chi connectivity index (χ4n) is 4.06. The standard InChI is InChI=1S/C19H23N3O3/c1-19(2)10-12(11-21-6-4-20-5-7-21)14-8-13(25-3)9-15-16(14)22(19)18(24)17(15)23/h8-10,20H,4-7,11H2,1-3H3. The Bertz CT molecular complexity index is 791. The number of carbonyl (C=O) groups is 2. The number of ketones is 1. The van der Waals surface area contributed by atoms with Gasteiger partial charge < -0.3 is 10.1 Å². The maximum absolute atomic E-state index is 12.6. The zero-order valence-electron chi connectivity index (χ0n) is 14.9. The molecule has 6 heteroatoms. The number of ether oxygens (including phenoxy) is 1. The van der Waals surface area contributed by atoms with Crippen LogP contribution in [-0.4, -0.2) is 62.0 Å². The van der Waals surface area contributed by atoms with Gasteiger partial charge in [0.25, 0.3) is 11.7 Å². The second-order valence-electron chi connectivity index (χ2n) is 7.39. The van der Waals surface area contributed by atoms with Crippen molar-refractivity contribution in [3.63, 3.8) is 0 Å². The first-order valence-corrected chi connectivity index (χ1v) is 8.68. The molecule has 1 N–H and O–H groups in total. The average Bonchev–Trinajstić information content (AvgIpc) is 2.85. The van der Waals surface area contributed by atoms with E-state index >= 15 is 0 Å². The van der Waals surface area contributed by atoms with Gasteiger partial charge >= 0.3 is 0 Å². The number of hydrogen-bond donors (Lipinski definition) is 1. The topological polar surface area (TPSA) is 61.9 Å². The van der Waals surface area contributed by atoms with Gasteiger partial charge in [-0.2, -0.15) is 0 Å². The van der Waals surface area contributed by atoms with Crippen LogP contribution in [0.25, 0.3) is 5.57 Å². The van der Waals surface area contributed by atoms with Crippen LogP contribution >= 0.6 is 0 Å². The van der Waals surface area contributed by atoms with Gasteiger partial charge in [-0.05, 0) is 31.6 Å². The third-order valence-electron chi connectivity index (χ3n) is 5.24. The zero-order chi connectivity index (χ0) is 17.8. The van der Waals surface area contributed by atoms with Crippen molar-refractivity contribution >= 4 is 23.0 Å². The van der Waals surface area contributed by atoms with Gasteiger partial charge in [-0.1, -0.05) is 6.08 Å². The molecule has 0 aliphatic carbocycles. The number of benzene rings is 1. The van der Waals surface area contributed by atoms with Gasteiger partial charge in [-0.15, -0.1) is 0 Å². The lowest BCUT2D eigenvalue weighted by atomic mass is 9.87. The molecule has 0 atom stereocenters. The second-order valence-corrected chi connectivity index (χ2v) is 7.39. The molecule has 1 saturated heterocycles. The highest BCUT2D eigenvalue weighted by molar-refractivity contribution is 6.53. The van der Waals surface area contributed by atoms with Gasteiger partial charge in [-0.25, -0.2) is 0 Å². The molecule has 0 radical (unpaired) electrons. The van der Waals surface area contributed by atoms with Gasteiger partial charge in [0.05, 0.1) is 23.9 Å². The van der Waals surface area contributed by atoms with E-state index in [9.17, 15) is 9.59 Å². The number of rotatable bonds is 3. The van der Waals surface area contributed by atoms with Crippen LogP contribution < -0.4 is 15.0 Å². The van der Waals surface area contributed by atoms with Crippen molar-refractivity contribution in [3.8, 4) is 5.75 Å². The molecule has 132 valence electrons. The summed E-state index contributed by atoms with van der Waals surface area (Å²) < 4.78 is 5.38. The fraction of sp³-hybridized carbons (Fsp3) is 0.474. The van der Waals surface area contributed by atoms with Gasteiger partial charge in [0, 0.05) is 38.3 Å². The van der Waals surface area contributed by atoms with Gasteiger partial charge in [0.1, 0.15) is 5.75 Å². The van der Waals surface area contributed by atoms with E-state index in [-0.39, 0.29) is 0 Å². The number of carbonyl (C=O) groups excluding carboxylic acids is 2. The largest absolute Gasteiger partial charge is 0.497 e. The molecule has 0 aromatic heterocycles. The summed E-state index contributed by atoms with van der Waals surface area (Å²) in [5, 5.41) is 3.36. The van der Waals surface area contributed by atoms with Crippen molar-refractivity contribution in [3.05, 3.63) is 29.3 Å². The molecule has 1 amide bonds. The highest BCUT2D eigenvalue weighted by Gasteiger charge is 2.47. The first-order valence-electron chi connectivity index (χ1n) is 8.68. The Morgan fingerprint density at radius 2 is 1.84 bits per heavy atom. The lowest BCUT2D eigenvalue weighted by Gasteiger charge is -2.40. The Morgan fingerprint density at radius 1 is 1.16 bits per heavy atom. The number of nitrogens with zero attached hydrogens (tertiary/aromatic N) is 2. The van der Waals surface area contributed by atoms with E-state index in [1.165, 1.54) is 0 Å². The number of anilines is 1. The summed E-state index contributed by atoms with van der Waals surface area (Å²) in [6, 6.07) is 3.63. The van der Waals surface area contributed by atoms with Crippen LogP contribution in [0.5, 0.6) is 5.75 Å². The van der Waals surface area contributed by atoms with Crippen molar-refractivity contribution in [1.29, 1.82) is 0 Å². The summed E-state index contributed by atoms with van der Waals surface area (Å²) in [5.74, 6) is -0.283. The molecule has 0 saturated carbocycles. The summed E-state index contributed by atoms with van der Waals surface area (Å²) in [6.45, 7) is 8.72. The quantitative estimate of drug-likeness (QED) is 0.840. The molecule has 3 heterocycles. The monoisotopic (exact) mass is 341 g/mol. The molecule has 25 heavy (non-hydrogen) atoms. The first kappa shape index (κ1) is 16.3. The predicted molar refractivity (Wildman–Crippen MR) is 96.2 cm³/mol. The normalized spacial score (nSPS) is 22.0.